The molecule has 1 amide bonds. The number of para-hydroxylation sites is 1. The molecule has 0 saturated heterocycles. The van der Waals surface area contributed by atoms with Crippen molar-refractivity contribution in [3.05, 3.63) is 44.2 Å². The van der Waals surface area contributed by atoms with Crippen LogP contribution in [0.25, 0.3) is 0 Å². The Labute approximate surface area is 164 Å². The summed E-state index contributed by atoms with van der Waals surface area (Å²) >= 11 is 0. The molecule has 28 heavy (non-hydrogen) atoms. The van der Waals surface area contributed by atoms with Crippen LogP contribution in [-0.2, 0) is 0 Å². The number of nitrogens with zero attached hydrogens (tertiary/aromatic N) is 1. The second kappa shape index (κ2) is 8.04. The monoisotopic (exact) mass is 385 g/mol. The fraction of sp³-hybridized carbons (Fsp3) is 0.476. The zero-order valence-electron chi connectivity index (χ0n) is 16.5. The van der Waals surface area contributed by atoms with Crippen molar-refractivity contribution in [1.82, 2.24) is 4.90 Å². The average Bonchev–Trinajstić information content (AvgIpc) is 3.17. The van der Waals surface area contributed by atoms with Crippen LogP contribution in [0.2, 0.25) is 0 Å². The Morgan fingerprint density at radius 1 is 1.18 bits per heavy atom. The van der Waals surface area contributed by atoms with Gasteiger partial charge in [-0.1, -0.05) is 31.7 Å². The van der Waals surface area contributed by atoms with Crippen LogP contribution in [0, 0.1) is 5.92 Å². The highest BCUT2D eigenvalue weighted by Crippen LogP contribution is 2.33. The third-order valence-electron chi connectivity index (χ3n) is 5.40. The predicted molar refractivity (Wildman–Crippen MR) is 110 cm³/mol. The molecule has 7 heteroatoms. The van der Waals surface area contributed by atoms with Crippen LogP contribution in [0.5, 0.6) is 5.75 Å². The Hall–Kier alpha value is -2.83. The van der Waals surface area contributed by atoms with Crippen molar-refractivity contribution in [3.63, 3.8) is 0 Å². The number of carbonyl (C=O) groups is 1. The summed E-state index contributed by atoms with van der Waals surface area (Å²) in [6, 6.07) is 4.75. The maximum atomic E-state index is 12.2. The first kappa shape index (κ1) is 19.9. The van der Waals surface area contributed by atoms with E-state index in [0.29, 0.717) is 5.92 Å². The molecule has 2 aromatic rings. The Morgan fingerprint density at radius 2 is 1.82 bits per heavy atom. The summed E-state index contributed by atoms with van der Waals surface area (Å²) in [5.74, 6) is 0.0528. The number of carbonyl (C=O) groups excluding carboxylic acids is 1. The van der Waals surface area contributed by atoms with Gasteiger partial charge in [0.1, 0.15) is 11.4 Å². The molecule has 3 N–H and O–H groups in total. The van der Waals surface area contributed by atoms with Gasteiger partial charge in [-0.15, -0.1) is 0 Å². The SMILES string of the molecule is C[C@H](CC1CCCC1)Nc1c(Nc2cccc(C(=O)N(C)C)c2O)c(=O)c1=O. The number of aromatic hydroxyl groups is 1. The molecule has 1 saturated carbocycles. The Kier molecular flexibility index (Phi) is 5.72. The highest BCUT2D eigenvalue weighted by molar-refractivity contribution is 5.99. The first-order valence-corrected chi connectivity index (χ1v) is 9.70. The molecule has 1 aliphatic carbocycles. The summed E-state index contributed by atoms with van der Waals surface area (Å²) in [7, 11) is 3.18. The molecule has 0 radical (unpaired) electrons. The van der Waals surface area contributed by atoms with Gasteiger partial charge in [0.05, 0.1) is 11.3 Å². The van der Waals surface area contributed by atoms with E-state index in [-0.39, 0.29) is 40.3 Å². The lowest BCUT2D eigenvalue weighted by atomic mass is 9.99. The topological polar surface area (TPSA) is 98.7 Å². The molecule has 0 spiro atoms. The number of phenols is 1. The fourth-order valence-electron chi connectivity index (χ4n) is 3.89. The number of hydrogen-bond acceptors (Lipinski definition) is 6. The minimum absolute atomic E-state index is 0.0715. The van der Waals surface area contributed by atoms with Gasteiger partial charge in [0.25, 0.3) is 16.8 Å². The summed E-state index contributed by atoms with van der Waals surface area (Å²) in [5.41, 5.74) is -0.462. The number of nitrogens with one attached hydrogen (secondary N) is 2. The maximum absolute atomic E-state index is 12.2. The Balaban J connectivity index is 1.78. The minimum Gasteiger partial charge on any atom is -0.505 e. The van der Waals surface area contributed by atoms with E-state index in [1.54, 1.807) is 26.2 Å². The van der Waals surface area contributed by atoms with Gasteiger partial charge in [-0.05, 0) is 31.4 Å². The Morgan fingerprint density at radius 3 is 2.46 bits per heavy atom. The zero-order valence-corrected chi connectivity index (χ0v) is 16.5. The lowest BCUT2D eigenvalue weighted by Crippen LogP contribution is -2.38. The van der Waals surface area contributed by atoms with Crippen LogP contribution in [0.15, 0.2) is 27.8 Å². The first-order chi connectivity index (χ1) is 13.3. The normalized spacial score (nSPS) is 15.5. The van der Waals surface area contributed by atoms with Crippen LogP contribution in [-0.4, -0.2) is 36.1 Å². The summed E-state index contributed by atoms with van der Waals surface area (Å²) in [5, 5.41) is 16.4. The Bertz CT molecular complexity index is 938. The summed E-state index contributed by atoms with van der Waals surface area (Å²) in [6.45, 7) is 2.01. The molecule has 2 aromatic carbocycles. The summed E-state index contributed by atoms with van der Waals surface area (Å²) < 4.78 is 0. The molecule has 150 valence electrons. The smallest absolute Gasteiger partial charge is 0.257 e. The molecule has 0 bridgehead atoms. The number of benzene rings is 1. The molecule has 1 fully saturated rings. The van der Waals surface area contributed by atoms with Crippen molar-refractivity contribution >= 4 is 23.0 Å². The molecular formula is C21H27N3O4. The van der Waals surface area contributed by atoms with Crippen molar-refractivity contribution in [2.45, 2.75) is 45.1 Å². The number of amides is 1. The second-order valence-electron chi connectivity index (χ2n) is 7.87. The van der Waals surface area contributed by atoms with Crippen molar-refractivity contribution in [1.29, 1.82) is 0 Å². The van der Waals surface area contributed by atoms with Crippen LogP contribution in [0.4, 0.5) is 17.1 Å². The predicted octanol–water partition coefficient (Wildman–Crippen LogP) is 2.81. The van der Waals surface area contributed by atoms with E-state index in [1.165, 1.54) is 36.6 Å². The van der Waals surface area contributed by atoms with E-state index >= 15 is 0 Å². The lowest BCUT2D eigenvalue weighted by Gasteiger charge is -2.22. The highest BCUT2D eigenvalue weighted by Gasteiger charge is 2.25. The number of phenolic OH excluding ortho intramolecular Hbond substituents is 1. The van der Waals surface area contributed by atoms with Crippen molar-refractivity contribution in [2.75, 3.05) is 24.7 Å². The standard InChI is InChI=1S/C21H27N3O4/c1-12(11-13-7-4-5-8-13)22-16-17(20(27)19(16)26)23-15-10-6-9-14(18(15)25)21(28)24(2)3/h6,9-10,12-13,22-23,25H,4-5,7-8,11H2,1-3H3/t12-/m1/s1. The van der Waals surface area contributed by atoms with Gasteiger partial charge in [-0.2, -0.15) is 0 Å². The van der Waals surface area contributed by atoms with E-state index in [2.05, 4.69) is 10.6 Å². The van der Waals surface area contributed by atoms with Crippen molar-refractivity contribution < 1.29 is 9.90 Å². The van der Waals surface area contributed by atoms with Gasteiger partial charge in [0.15, 0.2) is 5.75 Å². The van der Waals surface area contributed by atoms with E-state index < -0.39 is 10.9 Å². The van der Waals surface area contributed by atoms with Crippen molar-refractivity contribution in [3.8, 4) is 5.75 Å². The first-order valence-electron chi connectivity index (χ1n) is 9.70. The molecule has 3 rings (SSSR count). The summed E-state index contributed by atoms with van der Waals surface area (Å²) in [4.78, 5) is 37.7. The van der Waals surface area contributed by atoms with E-state index in [1.807, 2.05) is 6.92 Å². The molecular weight excluding hydrogens is 358 g/mol. The van der Waals surface area contributed by atoms with Crippen LogP contribution < -0.4 is 21.5 Å². The molecule has 1 atom stereocenters. The van der Waals surface area contributed by atoms with Gasteiger partial charge in [-0.25, -0.2) is 0 Å². The lowest BCUT2D eigenvalue weighted by molar-refractivity contribution is 0.0824. The van der Waals surface area contributed by atoms with Gasteiger partial charge in [-0.3, -0.25) is 14.4 Å². The van der Waals surface area contributed by atoms with Gasteiger partial charge < -0.3 is 20.6 Å². The van der Waals surface area contributed by atoms with Gasteiger partial charge in [0, 0.05) is 20.1 Å². The third kappa shape index (κ3) is 3.88. The molecule has 1 aliphatic rings. The molecule has 0 aromatic heterocycles. The second-order valence-corrected chi connectivity index (χ2v) is 7.87. The fourth-order valence-corrected chi connectivity index (χ4v) is 3.89. The largest absolute Gasteiger partial charge is 0.505 e. The van der Waals surface area contributed by atoms with E-state index in [4.69, 9.17) is 0 Å². The molecule has 0 unspecified atom stereocenters. The van der Waals surface area contributed by atoms with Crippen LogP contribution >= 0.6 is 0 Å². The van der Waals surface area contributed by atoms with Gasteiger partial charge in [0.2, 0.25) is 0 Å². The summed E-state index contributed by atoms with van der Waals surface area (Å²) in [6.07, 6.45) is 5.89. The maximum Gasteiger partial charge on any atom is 0.257 e. The number of rotatable bonds is 7. The van der Waals surface area contributed by atoms with Gasteiger partial charge >= 0.3 is 0 Å². The van der Waals surface area contributed by atoms with E-state index in [9.17, 15) is 19.5 Å². The molecule has 0 heterocycles. The molecule has 7 nitrogen and oxygen atoms in total. The van der Waals surface area contributed by atoms with Crippen LogP contribution in [0.3, 0.4) is 0 Å². The van der Waals surface area contributed by atoms with E-state index in [0.717, 1.165) is 6.42 Å². The third-order valence-corrected chi connectivity index (χ3v) is 5.40. The molecule has 0 aliphatic heterocycles. The highest BCUT2D eigenvalue weighted by atomic mass is 16.3. The quantitative estimate of drug-likeness (QED) is 0.501. The number of hydrogen-bond donors (Lipinski definition) is 3. The van der Waals surface area contributed by atoms with Crippen molar-refractivity contribution in [2.24, 2.45) is 5.92 Å². The number of anilines is 3. The van der Waals surface area contributed by atoms with Crippen LogP contribution in [0.1, 0.15) is 49.4 Å². The zero-order chi connectivity index (χ0) is 20.4. The minimum atomic E-state index is -0.626. The average molecular weight is 385 g/mol.